The van der Waals surface area contributed by atoms with E-state index in [0.29, 0.717) is 11.7 Å². The molecule has 0 saturated carbocycles. The highest BCUT2D eigenvalue weighted by molar-refractivity contribution is 5.90. The topological polar surface area (TPSA) is 83.8 Å². The molecule has 20 heavy (non-hydrogen) atoms. The fraction of sp³-hybridized carbons (Fsp3) is 0.333. The van der Waals surface area contributed by atoms with Gasteiger partial charge in [-0.15, -0.1) is 0 Å². The van der Waals surface area contributed by atoms with Gasteiger partial charge in [-0.2, -0.15) is 5.10 Å². The van der Waals surface area contributed by atoms with Crippen molar-refractivity contribution >= 4 is 11.7 Å². The Kier molecular flexibility index (Phi) is 4.53. The van der Waals surface area contributed by atoms with Crippen LogP contribution in [0.2, 0.25) is 0 Å². The minimum Gasteiger partial charge on any atom is -0.324 e. The number of nitrogens with two attached hydrogens (primary N) is 1. The fourth-order valence-corrected chi connectivity index (χ4v) is 1.91. The van der Waals surface area contributed by atoms with Gasteiger partial charge in [-0.05, 0) is 11.5 Å². The summed E-state index contributed by atoms with van der Waals surface area (Å²) in [6.45, 7) is 4.12. The molecule has 2 rings (SSSR count). The number of nitrogens with one attached hydrogen (secondary N) is 2. The summed E-state index contributed by atoms with van der Waals surface area (Å²) in [6, 6.07) is 11.1. The van der Waals surface area contributed by atoms with Gasteiger partial charge in [-0.1, -0.05) is 44.2 Å². The predicted octanol–water partition coefficient (Wildman–Crippen LogP) is 2.56. The van der Waals surface area contributed by atoms with Crippen LogP contribution in [0.4, 0.5) is 5.82 Å². The van der Waals surface area contributed by atoms with Crippen molar-refractivity contribution in [2.24, 2.45) is 5.73 Å². The maximum absolute atomic E-state index is 11.9. The van der Waals surface area contributed by atoms with E-state index in [9.17, 15) is 4.79 Å². The largest absolute Gasteiger partial charge is 0.324 e. The van der Waals surface area contributed by atoms with Gasteiger partial charge in [-0.3, -0.25) is 9.89 Å². The van der Waals surface area contributed by atoms with Crippen LogP contribution in [-0.4, -0.2) is 16.1 Å². The Morgan fingerprint density at radius 3 is 2.65 bits per heavy atom. The van der Waals surface area contributed by atoms with Crippen LogP contribution in [0.15, 0.2) is 36.4 Å². The summed E-state index contributed by atoms with van der Waals surface area (Å²) in [7, 11) is 0. The molecule has 0 saturated heterocycles. The number of carbonyl (C=O) groups excluding carboxylic acids is 1. The molecule has 1 unspecified atom stereocenters. The van der Waals surface area contributed by atoms with Crippen molar-refractivity contribution in [2.75, 3.05) is 5.32 Å². The zero-order valence-electron chi connectivity index (χ0n) is 11.8. The highest BCUT2D eigenvalue weighted by Crippen LogP contribution is 2.17. The van der Waals surface area contributed by atoms with E-state index in [2.05, 4.69) is 29.4 Å². The van der Waals surface area contributed by atoms with E-state index in [1.807, 2.05) is 36.4 Å². The molecule has 106 valence electrons. The first-order valence-electron chi connectivity index (χ1n) is 6.72. The van der Waals surface area contributed by atoms with Gasteiger partial charge in [0.25, 0.3) is 0 Å². The van der Waals surface area contributed by atoms with Crippen molar-refractivity contribution in [2.45, 2.75) is 32.2 Å². The standard InChI is InChI=1S/C15H20N4O/c1-10(2)13-9-14(19-18-13)17-15(20)8-12(16)11-6-4-3-5-7-11/h3-7,9-10,12H,8,16H2,1-2H3,(H2,17,18,19,20). The monoisotopic (exact) mass is 272 g/mol. The predicted molar refractivity (Wildman–Crippen MR) is 79.3 cm³/mol. The Morgan fingerprint density at radius 2 is 2.05 bits per heavy atom. The first-order chi connectivity index (χ1) is 9.56. The maximum Gasteiger partial charge on any atom is 0.227 e. The van der Waals surface area contributed by atoms with Gasteiger partial charge in [0.05, 0.1) is 0 Å². The number of carbonyl (C=O) groups is 1. The average Bonchev–Trinajstić information content (AvgIpc) is 2.88. The van der Waals surface area contributed by atoms with Crippen LogP contribution in [0.25, 0.3) is 0 Å². The van der Waals surface area contributed by atoms with Gasteiger partial charge in [0.2, 0.25) is 5.91 Å². The molecule has 0 spiro atoms. The van der Waals surface area contributed by atoms with Gasteiger partial charge in [0.15, 0.2) is 5.82 Å². The molecule has 5 nitrogen and oxygen atoms in total. The Labute approximate surface area is 118 Å². The van der Waals surface area contributed by atoms with E-state index in [4.69, 9.17) is 5.73 Å². The molecule has 5 heteroatoms. The van der Waals surface area contributed by atoms with Crippen molar-refractivity contribution in [1.29, 1.82) is 0 Å². The smallest absolute Gasteiger partial charge is 0.227 e. The number of aromatic amines is 1. The summed E-state index contributed by atoms with van der Waals surface area (Å²) in [6.07, 6.45) is 0.230. The third-order valence-electron chi connectivity index (χ3n) is 3.12. The first-order valence-corrected chi connectivity index (χ1v) is 6.72. The molecule has 0 aliphatic heterocycles. The molecule has 0 aliphatic rings. The summed E-state index contributed by atoms with van der Waals surface area (Å²) in [5, 5.41) is 9.72. The summed E-state index contributed by atoms with van der Waals surface area (Å²) in [5.41, 5.74) is 7.96. The summed E-state index contributed by atoms with van der Waals surface area (Å²) in [5.74, 6) is 0.752. The number of hydrogen-bond acceptors (Lipinski definition) is 3. The maximum atomic E-state index is 11.9. The molecule has 1 aromatic heterocycles. The van der Waals surface area contributed by atoms with Crippen LogP contribution in [-0.2, 0) is 4.79 Å². The van der Waals surface area contributed by atoms with Crippen molar-refractivity contribution in [3.63, 3.8) is 0 Å². The minimum absolute atomic E-state index is 0.136. The van der Waals surface area contributed by atoms with Crippen LogP contribution in [0.5, 0.6) is 0 Å². The third kappa shape index (κ3) is 3.68. The van der Waals surface area contributed by atoms with E-state index >= 15 is 0 Å². The molecular weight excluding hydrogens is 252 g/mol. The van der Waals surface area contributed by atoms with Crippen molar-refractivity contribution in [3.05, 3.63) is 47.7 Å². The molecule has 0 radical (unpaired) electrons. The zero-order valence-corrected chi connectivity index (χ0v) is 11.8. The number of nitrogens with zero attached hydrogens (tertiary/aromatic N) is 1. The van der Waals surface area contributed by atoms with Gasteiger partial charge >= 0.3 is 0 Å². The van der Waals surface area contributed by atoms with E-state index in [0.717, 1.165) is 11.3 Å². The van der Waals surface area contributed by atoms with E-state index in [-0.39, 0.29) is 18.4 Å². The first kappa shape index (κ1) is 14.3. The normalized spacial score (nSPS) is 12.4. The molecule has 1 heterocycles. The lowest BCUT2D eigenvalue weighted by atomic mass is 10.0. The van der Waals surface area contributed by atoms with Gasteiger partial charge in [0.1, 0.15) is 0 Å². The van der Waals surface area contributed by atoms with Gasteiger partial charge in [-0.25, -0.2) is 0 Å². The van der Waals surface area contributed by atoms with Gasteiger partial charge in [0, 0.05) is 24.2 Å². The molecule has 1 atom stereocenters. The Hall–Kier alpha value is -2.14. The molecule has 0 bridgehead atoms. The number of anilines is 1. The van der Waals surface area contributed by atoms with Crippen molar-refractivity contribution < 1.29 is 4.79 Å². The number of benzene rings is 1. The lowest BCUT2D eigenvalue weighted by molar-refractivity contribution is -0.116. The number of hydrogen-bond donors (Lipinski definition) is 3. The van der Waals surface area contributed by atoms with Crippen molar-refractivity contribution in [3.8, 4) is 0 Å². The highest BCUT2D eigenvalue weighted by Gasteiger charge is 2.13. The minimum atomic E-state index is -0.306. The summed E-state index contributed by atoms with van der Waals surface area (Å²) >= 11 is 0. The highest BCUT2D eigenvalue weighted by atomic mass is 16.1. The van der Waals surface area contributed by atoms with Crippen molar-refractivity contribution in [1.82, 2.24) is 10.2 Å². The van der Waals surface area contributed by atoms with Crippen LogP contribution in [0, 0.1) is 0 Å². The summed E-state index contributed by atoms with van der Waals surface area (Å²) in [4.78, 5) is 11.9. The second-order valence-corrected chi connectivity index (χ2v) is 5.13. The molecule has 0 fully saturated rings. The van der Waals surface area contributed by atoms with E-state index in [1.165, 1.54) is 0 Å². The van der Waals surface area contributed by atoms with Crippen LogP contribution in [0.3, 0.4) is 0 Å². The second-order valence-electron chi connectivity index (χ2n) is 5.13. The van der Waals surface area contributed by atoms with E-state index < -0.39 is 0 Å². The molecule has 2 aromatic rings. The Balaban J connectivity index is 1.92. The van der Waals surface area contributed by atoms with E-state index in [1.54, 1.807) is 0 Å². The number of rotatable bonds is 5. The average molecular weight is 272 g/mol. The second kappa shape index (κ2) is 6.34. The number of H-pyrrole nitrogens is 1. The Morgan fingerprint density at radius 1 is 1.35 bits per heavy atom. The molecule has 4 N–H and O–H groups in total. The SMILES string of the molecule is CC(C)c1cc(NC(=O)CC(N)c2ccccc2)n[nH]1. The fourth-order valence-electron chi connectivity index (χ4n) is 1.91. The zero-order chi connectivity index (χ0) is 14.5. The lowest BCUT2D eigenvalue weighted by Crippen LogP contribution is -2.20. The lowest BCUT2D eigenvalue weighted by Gasteiger charge is -2.11. The summed E-state index contributed by atoms with van der Waals surface area (Å²) < 4.78 is 0. The molecule has 0 aliphatic carbocycles. The van der Waals surface area contributed by atoms with Crippen LogP contribution >= 0.6 is 0 Å². The Bertz CT molecular complexity index is 562. The van der Waals surface area contributed by atoms with Crippen LogP contribution in [0.1, 0.15) is 43.5 Å². The molecule has 1 amide bonds. The number of aromatic nitrogens is 2. The molecule has 1 aromatic carbocycles. The quantitative estimate of drug-likeness (QED) is 0.782. The van der Waals surface area contributed by atoms with Gasteiger partial charge < -0.3 is 11.1 Å². The van der Waals surface area contributed by atoms with Crippen LogP contribution < -0.4 is 11.1 Å². The number of amides is 1. The third-order valence-corrected chi connectivity index (χ3v) is 3.12. The molecular formula is C15H20N4O.